The standard InChI is InChI=1S/C21H33ClF2NO3Si/c1-20(2,3)18(28-29(7)8)15-11-14(9-10-16(15)22)12-25(13-17(23)24)19(26)27-21(4,5)6/h9-11,17-18H,12-13H2,1-8H3. The van der Waals surface area contributed by atoms with Crippen LogP contribution in [0.2, 0.25) is 18.1 Å². The van der Waals surface area contributed by atoms with Gasteiger partial charge in [-0.05, 0) is 62.5 Å². The van der Waals surface area contributed by atoms with Gasteiger partial charge < -0.3 is 9.16 Å². The Morgan fingerprint density at radius 1 is 1.17 bits per heavy atom. The topological polar surface area (TPSA) is 38.8 Å². The Morgan fingerprint density at radius 3 is 2.21 bits per heavy atom. The Balaban J connectivity index is 3.22. The fraction of sp³-hybridized carbons (Fsp3) is 0.667. The van der Waals surface area contributed by atoms with Crippen LogP contribution < -0.4 is 0 Å². The molecule has 0 fully saturated rings. The van der Waals surface area contributed by atoms with E-state index in [9.17, 15) is 13.6 Å². The van der Waals surface area contributed by atoms with E-state index in [1.807, 2.05) is 19.2 Å². The highest BCUT2D eigenvalue weighted by atomic mass is 35.5. The molecular formula is C21H33ClF2NO3Si. The number of carbonyl (C=O) groups excluding carboxylic acids is 1. The van der Waals surface area contributed by atoms with Crippen LogP contribution in [0, 0.1) is 5.41 Å². The van der Waals surface area contributed by atoms with Crippen molar-refractivity contribution in [2.45, 2.75) is 79.3 Å². The molecule has 1 atom stereocenters. The zero-order valence-corrected chi connectivity index (χ0v) is 20.4. The maximum absolute atomic E-state index is 13.1. The van der Waals surface area contributed by atoms with Crippen LogP contribution >= 0.6 is 11.6 Å². The minimum absolute atomic E-state index is 0.00363. The summed E-state index contributed by atoms with van der Waals surface area (Å²) in [5, 5.41) is 0.551. The van der Waals surface area contributed by atoms with E-state index >= 15 is 0 Å². The first-order chi connectivity index (χ1) is 13.1. The number of hydrogen-bond acceptors (Lipinski definition) is 3. The predicted molar refractivity (Wildman–Crippen MR) is 115 cm³/mol. The largest absolute Gasteiger partial charge is 0.444 e. The summed E-state index contributed by atoms with van der Waals surface area (Å²) in [6.45, 7) is 14.7. The molecule has 4 nitrogen and oxygen atoms in total. The van der Waals surface area contributed by atoms with E-state index in [0.717, 1.165) is 10.5 Å². The van der Waals surface area contributed by atoms with E-state index in [2.05, 4.69) is 20.8 Å². The molecule has 0 saturated carbocycles. The van der Waals surface area contributed by atoms with Gasteiger partial charge in [0.05, 0.1) is 12.6 Å². The van der Waals surface area contributed by atoms with Crippen LogP contribution in [0.25, 0.3) is 0 Å². The monoisotopic (exact) mass is 448 g/mol. The minimum Gasteiger partial charge on any atom is -0.444 e. The number of carbonyl (C=O) groups is 1. The van der Waals surface area contributed by atoms with Crippen molar-refractivity contribution in [3.8, 4) is 0 Å². The van der Waals surface area contributed by atoms with Crippen LogP contribution in [0.4, 0.5) is 13.6 Å². The second-order valence-electron chi connectivity index (χ2n) is 9.38. The lowest BCUT2D eigenvalue weighted by molar-refractivity contribution is 0.00815. The van der Waals surface area contributed by atoms with Crippen molar-refractivity contribution >= 4 is 26.7 Å². The van der Waals surface area contributed by atoms with Crippen LogP contribution in [0.15, 0.2) is 18.2 Å². The molecule has 1 amide bonds. The van der Waals surface area contributed by atoms with E-state index in [-0.39, 0.29) is 18.1 Å². The Morgan fingerprint density at radius 2 is 1.76 bits per heavy atom. The van der Waals surface area contributed by atoms with E-state index < -0.39 is 33.7 Å². The number of nitrogens with zero attached hydrogens (tertiary/aromatic N) is 1. The van der Waals surface area contributed by atoms with Gasteiger partial charge in [0.1, 0.15) is 5.60 Å². The molecule has 1 aromatic carbocycles. The van der Waals surface area contributed by atoms with Gasteiger partial charge in [-0.15, -0.1) is 0 Å². The van der Waals surface area contributed by atoms with Crippen molar-refractivity contribution in [3.63, 3.8) is 0 Å². The number of amides is 1. The predicted octanol–water partition coefficient (Wildman–Crippen LogP) is 6.70. The summed E-state index contributed by atoms with van der Waals surface area (Å²) >= 11 is 6.46. The van der Waals surface area contributed by atoms with Crippen molar-refractivity contribution in [2.24, 2.45) is 5.41 Å². The molecule has 29 heavy (non-hydrogen) atoms. The summed E-state index contributed by atoms with van der Waals surface area (Å²) in [7, 11) is -1.01. The van der Waals surface area contributed by atoms with Gasteiger partial charge in [0.25, 0.3) is 6.43 Å². The molecule has 1 aromatic rings. The molecule has 0 aromatic heterocycles. The number of ether oxygens (including phenoxy) is 1. The van der Waals surface area contributed by atoms with Crippen LogP contribution in [0.5, 0.6) is 0 Å². The summed E-state index contributed by atoms with van der Waals surface area (Å²) in [5.74, 6) is 0. The minimum atomic E-state index is -2.66. The molecular weight excluding hydrogens is 416 g/mol. The van der Waals surface area contributed by atoms with E-state index in [4.69, 9.17) is 20.8 Å². The Kier molecular flexibility index (Phi) is 9.11. The van der Waals surface area contributed by atoms with Gasteiger partial charge in [-0.3, -0.25) is 4.90 Å². The van der Waals surface area contributed by atoms with Gasteiger partial charge >= 0.3 is 6.09 Å². The number of benzene rings is 1. The van der Waals surface area contributed by atoms with Crippen LogP contribution in [0.1, 0.15) is 58.8 Å². The SMILES string of the molecule is C[Si](C)OC(c1cc(CN(CC(F)F)C(=O)OC(C)(C)C)ccc1Cl)C(C)(C)C. The highest BCUT2D eigenvalue weighted by molar-refractivity contribution is 6.48. The molecule has 165 valence electrons. The first-order valence-corrected chi connectivity index (χ1v) is 12.4. The van der Waals surface area contributed by atoms with E-state index in [1.54, 1.807) is 32.9 Å². The Hall–Kier alpha value is -1.18. The summed E-state index contributed by atoms with van der Waals surface area (Å²) in [5.41, 5.74) is 0.505. The number of hydrogen-bond donors (Lipinski definition) is 0. The molecule has 8 heteroatoms. The molecule has 1 unspecified atom stereocenters. The molecule has 0 aliphatic carbocycles. The highest BCUT2D eigenvalue weighted by Crippen LogP contribution is 2.40. The smallest absolute Gasteiger partial charge is 0.410 e. The van der Waals surface area contributed by atoms with Gasteiger partial charge in [-0.25, -0.2) is 13.6 Å². The quantitative estimate of drug-likeness (QED) is 0.436. The first kappa shape index (κ1) is 25.9. The normalized spacial score (nSPS) is 13.7. The third-order valence-electron chi connectivity index (χ3n) is 3.87. The molecule has 0 aliphatic heterocycles. The lowest BCUT2D eigenvalue weighted by Crippen LogP contribution is -2.39. The molecule has 0 saturated heterocycles. The molecule has 0 aliphatic rings. The number of halogens is 3. The zero-order valence-electron chi connectivity index (χ0n) is 18.6. The van der Waals surface area contributed by atoms with Crippen LogP contribution in [-0.2, 0) is 15.7 Å². The molecule has 0 spiro atoms. The van der Waals surface area contributed by atoms with Gasteiger partial charge in [-0.2, -0.15) is 0 Å². The first-order valence-electron chi connectivity index (χ1n) is 9.61. The molecule has 0 N–H and O–H groups in total. The molecule has 0 heterocycles. The van der Waals surface area contributed by atoms with Crippen molar-refractivity contribution < 1.29 is 22.7 Å². The average Bonchev–Trinajstić information content (AvgIpc) is 2.50. The molecule has 1 radical (unpaired) electrons. The van der Waals surface area contributed by atoms with Crippen molar-refractivity contribution in [2.75, 3.05) is 6.54 Å². The van der Waals surface area contributed by atoms with Crippen LogP contribution in [-0.4, -0.2) is 38.6 Å². The average molecular weight is 449 g/mol. The highest BCUT2D eigenvalue weighted by Gasteiger charge is 2.31. The second kappa shape index (κ2) is 10.2. The van der Waals surface area contributed by atoms with Gasteiger partial charge in [-0.1, -0.05) is 38.4 Å². The second-order valence-corrected chi connectivity index (χ2v) is 11.8. The Bertz CT molecular complexity index is 687. The van der Waals surface area contributed by atoms with Crippen molar-refractivity contribution in [1.82, 2.24) is 4.90 Å². The van der Waals surface area contributed by atoms with Gasteiger partial charge in [0.2, 0.25) is 9.04 Å². The summed E-state index contributed by atoms with van der Waals surface area (Å²) in [4.78, 5) is 13.4. The van der Waals surface area contributed by atoms with Crippen molar-refractivity contribution in [3.05, 3.63) is 34.3 Å². The van der Waals surface area contributed by atoms with E-state index in [1.165, 1.54) is 0 Å². The maximum atomic E-state index is 13.1. The van der Waals surface area contributed by atoms with Gasteiger partial charge in [0.15, 0.2) is 0 Å². The fourth-order valence-electron chi connectivity index (χ4n) is 2.75. The van der Waals surface area contributed by atoms with E-state index in [0.29, 0.717) is 10.6 Å². The van der Waals surface area contributed by atoms with Crippen molar-refractivity contribution in [1.29, 1.82) is 0 Å². The third-order valence-corrected chi connectivity index (χ3v) is 4.92. The summed E-state index contributed by atoms with van der Waals surface area (Å²) in [6, 6.07) is 5.30. The Labute approximate surface area is 180 Å². The third kappa shape index (κ3) is 9.01. The fourth-order valence-corrected chi connectivity index (χ4v) is 3.92. The molecule has 0 bridgehead atoms. The lowest BCUT2D eigenvalue weighted by atomic mass is 9.84. The number of rotatable bonds is 7. The lowest BCUT2D eigenvalue weighted by Gasteiger charge is -2.34. The zero-order chi connectivity index (χ0) is 22.6. The van der Waals surface area contributed by atoms with Gasteiger partial charge in [0, 0.05) is 11.6 Å². The maximum Gasteiger partial charge on any atom is 0.410 e. The molecule has 1 rings (SSSR count). The summed E-state index contributed by atoms with van der Waals surface area (Å²) < 4.78 is 37.6. The summed E-state index contributed by atoms with van der Waals surface area (Å²) in [6.07, 6.45) is -3.68. The van der Waals surface area contributed by atoms with Crippen LogP contribution in [0.3, 0.4) is 0 Å². The number of alkyl halides is 2.